The first kappa shape index (κ1) is 14.5. The zero-order chi connectivity index (χ0) is 8.69. The average molecular weight is 200 g/mol. The van der Waals surface area contributed by atoms with Crippen LogP contribution >= 0.6 is 0 Å². The molecule has 1 N–H and O–H groups in total. The van der Waals surface area contributed by atoms with Crippen LogP contribution in [0, 0.1) is 0 Å². The Kier molecular flexibility index (Phi) is 11.0. The van der Waals surface area contributed by atoms with Crippen LogP contribution in [-0.2, 0) is 11.4 Å². The molecule has 0 aliphatic rings. The zero-order valence-electron chi connectivity index (χ0n) is 6.30. The summed E-state index contributed by atoms with van der Waals surface area (Å²) in [7, 11) is 0. The maximum Gasteiger partial charge on any atom is 1.00 e. The van der Waals surface area contributed by atoms with Gasteiger partial charge in [0.25, 0.3) is 0 Å². The van der Waals surface area contributed by atoms with Crippen molar-refractivity contribution in [2.75, 3.05) is 0 Å². The van der Waals surface area contributed by atoms with Gasteiger partial charge in [-0.05, 0) is 12.1 Å². The van der Waals surface area contributed by atoms with E-state index in [1.165, 1.54) is 6.26 Å². The van der Waals surface area contributed by atoms with E-state index in [0.29, 0.717) is 12.0 Å². The van der Waals surface area contributed by atoms with E-state index >= 15 is 0 Å². The summed E-state index contributed by atoms with van der Waals surface area (Å²) in [5.41, 5.74) is 0. The van der Waals surface area contributed by atoms with Crippen molar-refractivity contribution in [3.8, 4) is 0 Å². The molecule has 7 heteroatoms. The first-order valence-electron chi connectivity index (χ1n) is 2.44. The van der Waals surface area contributed by atoms with Crippen molar-refractivity contribution in [3.63, 3.8) is 0 Å². The van der Waals surface area contributed by atoms with Crippen molar-refractivity contribution < 1.29 is 52.1 Å². The molecule has 0 amide bonds. The molecule has 12 heavy (non-hydrogen) atoms. The molecule has 0 saturated heterocycles. The molecule has 1 aromatic rings. The van der Waals surface area contributed by atoms with Gasteiger partial charge in [0.15, 0.2) is 12.0 Å². The van der Waals surface area contributed by atoms with Crippen LogP contribution in [0.1, 0.15) is 10.6 Å². The third kappa shape index (κ3) is 10.0. The molecule has 1 heterocycles. The molecule has 1 rings (SSSR count). The summed E-state index contributed by atoms with van der Waals surface area (Å²) in [6.07, 6.45) is 2.13. The molecule has 62 valence electrons. The summed E-state index contributed by atoms with van der Waals surface area (Å²) in [6.45, 7) is 0. The van der Waals surface area contributed by atoms with Gasteiger partial charge >= 0.3 is 29.6 Å². The van der Waals surface area contributed by atoms with Crippen LogP contribution in [0.25, 0.3) is 0 Å². The fraction of sp³-hybridized carbons (Fsp3) is 0. The molecule has 1 unspecified atom stereocenters. The Hall–Kier alpha value is 0.0200. The first-order chi connectivity index (χ1) is 5.16. The molecule has 0 fully saturated rings. The maximum absolute atomic E-state index is 9.77. The topological polar surface area (TPSA) is 90.6 Å². The Labute approximate surface area is 93.6 Å². The van der Waals surface area contributed by atoms with E-state index in [-0.39, 0.29) is 29.6 Å². The summed E-state index contributed by atoms with van der Waals surface area (Å²) < 4.78 is 28.7. The van der Waals surface area contributed by atoms with E-state index < -0.39 is 11.4 Å². The minimum absolute atomic E-state index is 0. The van der Waals surface area contributed by atoms with Crippen LogP contribution < -0.4 is 29.6 Å². The molecular formula is C5H5NaO5S. The standard InChI is InChI=1S/C5H4O2.Na.H2O3S/c6-4-5-2-1-3-7-5;;1-4(2)3/h1-4H;;(H2,1,2,3)/q;+1;/p-1. The Morgan fingerprint density at radius 3 is 2.33 bits per heavy atom. The number of carbonyl (C=O) groups excluding carboxylic acids is 1. The molecule has 0 radical (unpaired) electrons. The molecule has 0 spiro atoms. The predicted molar refractivity (Wildman–Crippen MR) is 35.6 cm³/mol. The van der Waals surface area contributed by atoms with E-state index in [0.717, 1.165) is 0 Å². The zero-order valence-corrected chi connectivity index (χ0v) is 9.11. The van der Waals surface area contributed by atoms with Gasteiger partial charge in [0.1, 0.15) is 0 Å². The van der Waals surface area contributed by atoms with Crippen molar-refractivity contribution >= 4 is 17.6 Å². The van der Waals surface area contributed by atoms with Gasteiger partial charge < -0.3 is 13.5 Å². The third-order valence-corrected chi connectivity index (χ3v) is 0.659. The number of furan rings is 1. The van der Waals surface area contributed by atoms with Crippen molar-refractivity contribution in [1.29, 1.82) is 0 Å². The molecular weight excluding hydrogens is 195 g/mol. The smallest absolute Gasteiger partial charge is 0.750 e. The number of hydrogen-bond acceptors (Lipinski definition) is 4. The van der Waals surface area contributed by atoms with Crippen LogP contribution in [0.2, 0.25) is 0 Å². The molecule has 5 nitrogen and oxygen atoms in total. The second-order valence-corrected chi connectivity index (χ2v) is 1.78. The molecule has 1 atom stereocenters. The summed E-state index contributed by atoms with van der Waals surface area (Å²) in [5.74, 6) is 0.375. The number of rotatable bonds is 1. The average Bonchev–Trinajstić information content (AvgIpc) is 2.36. The minimum atomic E-state index is -2.86. The van der Waals surface area contributed by atoms with E-state index in [1.54, 1.807) is 12.1 Å². The quantitative estimate of drug-likeness (QED) is 0.306. The summed E-state index contributed by atoms with van der Waals surface area (Å²) in [6, 6.07) is 3.27. The SMILES string of the molecule is O=Cc1ccco1.O=S([O-])O.[Na+]. The van der Waals surface area contributed by atoms with Gasteiger partial charge in [0, 0.05) is 0 Å². The van der Waals surface area contributed by atoms with Gasteiger partial charge in [-0.1, -0.05) is 0 Å². The molecule has 0 aliphatic carbocycles. The van der Waals surface area contributed by atoms with Gasteiger partial charge in [0.05, 0.1) is 17.6 Å². The van der Waals surface area contributed by atoms with Gasteiger partial charge in [-0.3, -0.25) is 4.79 Å². The number of aldehydes is 1. The number of carbonyl (C=O) groups is 1. The van der Waals surface area contributed by atoms with Crippen LogP contribution in [0.4, 0.5) is 0 Å². The maximum atomic E-state index is 9.77. The van der Waals surface area contributed by atoms with Gasteiger partial charge in [-0.2, -0.15) is 0 Å². The molecule has 0 aliphatic heterocycles. The minimum Gasteiger partial charge on any atom is -0.750 e. The van der Waals surface area contributed by atoms with Crippen molar-refractivity contribution in [3.05, 3.63) is 24.2 Å². The Bertz CT molecular complexity index is 218. The van der Waals surface area contributed by atoms with E-state index in [1.807, 2.05) is 0 Å². The Morgan fingerprint density at radius 2 is 2.17 bits per heavy atom. The Balaban J connectivity index is 0. The second-order valence-electron chi connectivity index (χ2n) is 1.35. The fourth-order valence-corrected chi connectivity index (χ4v) is 0.358. The van der Waals surface area contributed by atoms with Crippen molar-refractivity contribution in [2.24, 2.45) is 0 Å². The van der Waals surface area contributed by atoms with Crippen LogP contribution in [0.15, 0.2) is 22.8 Å². The van der Waals surface area contributed by atoms with Crippen molar-refractivity contribution in [1.82, 2.24) is 0 Å². The summed E-state index contributed by atoms with van der Waals surface area (Å²) >= 11 is -2.86. The van der Waals surface area contributed by atoms with E-state index in [4.69, 9.17) is 13.3 Å². The third-order valence-electron chi connectivity index (χ3n) is 0.659. The molecule has 1 aromatic heterocycles. The summed E-state index contributed by atoms with van der Waals surface area (Å²) in [5, 5.41) is 0. The van der Waals surface area contributed by atoms with Crippen LogP contribution in [0.3, 0.4) is 0 Å². The predicted octanol–water partition coefficient (Wildman–Crippen LogP) is -2.57. The van der Waals surface area contributed by atoms with Crippen molar-refractivity contribution in [2.45, 2.75) is 0 Å². The first-order valence-corrected chi connectivity index (χ1v) is 3.47. The monoisotopic (exact) mass is 200 g/mol. The van der Waals surface area contributed by atoms with E-state index in [2.05, 4.69) is 4.42 Å². The Morgan fingerprint density at radius 1 is 1.67 bits per heavy atom. The van der Waals surface area contributed by atoms with E-state index in [9.17, 15) is 4.79 Å². The molecule has 0 saturated carbocycles. The van der Waals surface area contributed by atoms with Crippen LogP contribution in [0.5, 0.6) is 0 Å². The van der Waals surface area contributed by atoms with Gasteiger partial charge in [-0.15, -0.1) is 0 Å². The number of hydrogen-bond donors (Lipinski definition) is 1. The van der Waals surface area contributed by atoms with Crippen LogP contribution in [-0.4, -0.2) is 19.6 Å². The normalized spacial score (nSPS) is 10.2. The largest absolute Gasteiger partial charge is 1.00 e. The molecule has 0 bridgehead atoms. The van der Waals surface area contributed by atoms with Gasteiger partial charge in [-0.25, -0.2) is 4.21 Å². The molecule has 0 aromatic carbocycles. The van der Waals surface area contributed by atoms with Gasteiger partial charge in [0.2, 0.25) is 0 Å². The fourth-order valence-electron chi connectivity index (χ4n) is 0.358. The summed E-state index contributed by atoms with van der Waals surface area (Å²) in [4.78, 5) is 9.77. The second kappa shape index (κ2) is 9.11.